The summed E-state index contributed by atoms with van der Waals surface area (Å²) in [6, 6.07) is 31.0. The fourth-order valence-corrected chi connectivity index (χ4v) is 8.66. The third-order valence-electron chi connectivity index (χ3n) is 6.62. The van der Waals surface area contributed by atoms with E-state index in [1.165, 1.54) is 0 Å². The number of nitrogens with zero attached hydrogens (tertiary/aromatic N) is 4. The number of likely N-dealkylation sites (N-methyl/N-ethyl adjacent to an activating group) is 1. The first-order valence-corrected chi connectivity index (χ1v) is 13.1. The number of hydrogen-bond donors (Lipinski definition) is 0. The van der Waals surface area contributed by atoms with Crippen molar-refractivity contribution < 1.29 is 4.57 Å². The van der Waals surface area contributed by atoms with Crippen molar-refractivity contribution >= 4 is 18.8 Å². The lowest BCUT2D eigenvalue weighted by atomic mass is 10.2. The molecule has 0 saturated carbocycles. The zero-order valence-corrected chi connectivity index (χ0v) is 19.5. The molecule has 2 fully saturated rings. The third-order valence-corrected chi connectivity index (χ3v) is 10.1. The molecule has 166 valence electrons. The lowest BCUT2D eigenvalue weighted by Crippen LogP contribution is -2.47. The molecule has 0 bridgehead atoms. The molecule has 3 aromatic carbocycles. The van der Waals surface area contributed by atoms with Gasteiger partial charge in [-0.1, -0.05) is 66.7 Å². The highest BCUT2D eigenvalue weighted by atomic mass is 31.2. The zero-order chi connectivity index (χ0) is 22.0. The predicted molar refractivity (Wildman–Crippen MR) is 133 cm³/mol. The van der Waals surface area contributed by atoms with Crippen LogP contribution in [0.25, 0.3) is 0 Å². The highest BCUT2D eigenvalue weighted by molar-refractivity contribution is 7.67. The van der Waals surface area contributed by atoms with Crippen LogP contribution in [0, 0.1) is 0 Å². The van der Waals surface area contributed by atoms with Gasteiger partial charge in [-0.3, -0.25) is 9.46 Å². The minimum Gasteiger partial charge on any atom is -0.304 e. The minimum absolute atomic E-state index is 0.194. The van der Waals surface area contributed by atoms with Crippen molar-refractivity contribution in [1.29, 1.82) is 0 Å². The smallest absolute Gasteiger partial charge is 0.284 e. The number of piperazine rings is 1. The second-order valence-electron chi connectivity index (χ2n) is 8.63. The summed E-state index contributed by atoms with van der Waals surface area (Å²) in [5, 5.41) is 0. The van der Waals surface area contributed by atoms with E-state index in [2.05, 4.69) is 74.7 Å². The van der Waals surface area contributed by atoms with Crippen LogP contribution in [0.1, 0.15) is 11.3 Å². The number of hydrogen-bond acceptors (Lipinski definition) is 3. The Balaban J connectivity index is 1.66. The van der Waals surface area contributed by atoms with E-state index < -0.39 is 7.44 Å². The molecule has 5 nitrogen and oxygen atoms in total. The van der Waals surface area contributed by atoms with Gasteiger partial charge in [0.1, 0.15) is 5.78 Å². The number of para-hydroxylation sites is 2. The number of rotatable bonds is 5. The van der Waals surface area contributed by atoms with Crippen LogP contribution in [-0.2, 0) is 4.57 Å². The minimum atomic E-state index is -3.08. The van der Waals surface area contributed by atoms with Crippen LogP contribution in [0.3, 0.4) is 0 Å². The molecule has 2 aliphatic rings. The van der Waals surface area contributed by atoms with E-state index in [0.717, 1.165) is 56.2 Å². The second kappa shape index (κ2) is 9.11. The molecular formula is C26H31N4OP. The Morgan fingerprint density at radius 2 is 1.06 bits per heavy atom. The van der Waals surface area contributed by atoms with Crippen LogP contribution in [0.2, 0.25) is 0 Å². The SMILES string of the molecule is CN1CCN([C@H](c2ccccc2)P2(=O)N(c3ccccc3)CCN2c2ccccc2)CC1. The van der Waals surface area contributed by atoms with Crippen molar-refractivity contribution in [3.8, 4) is 0 Å². The topological polar surface area (TPSA) is 30.0 Å². The Morgan fingerprint density at radius 3 is 1.53 bits per heavy atom. The average Bonchev–Trinajstić information content (AvgIpc) is 3.19. The van der Waals surface area contributed by atoms with Gasteiger partial charge < -0.3 is 14.2 Å². The van der Waals surface area contributed by atoms with Crippen LogP contribution in [0.5, 0.6) is 0 Å². The molecular weight excluding hydrogens is 415 g/mol. The van der Waals surface area contributed by atoms with Crippen molar-refractivity contribution in [2.24, 2.45) is 0 Å². The summed E-state index contributed by atoms with van der Waals surface area (Å²) in [6.07, 6.45) is 0. The van der Waals surface area contributed by atoms with Crippen LogP contribution >= 0.6 is 7.44 Å². The van der Waals surface area contributed by atoms with Gasteiger partial charge in [0.05, 0.1) is 0 Å². The van der Waals surface area contributed by atoms with Gasteiger partial charge in [-0.05, 0) is 36.9 Å². The predicted octanol–water partition coefficient (Wildman–Crippen LogP) is 5.15. The van der Waals surface area contributed by atoms with E-state index in [4.69, 9.17) is 0 Å². The first-order valence-electron chi connectivity index (χ1n) is 11.4. The van der Waals surface area contributed by atoms with Crippen molar-refractivity contribution in [2.75, 3.05) is 55.7 Å². The Labute approximate surface area is 191 Å². The lowest BCUT2D eigenvalue weighted by Gasteiger charge is -2.45. The molecule has 6 heteroatoms. The summed E-state index contributed by atoms with van der Waals surface area (Å²) in [4.78, 5) is 4.81. The normalized spacial score (nSPS) is 20.4. The molecule has 0 spiro atoms. The zero-order valence-electron chi connectivity index (χ0n) is 18.6. The number of anilines is 2. The molecule has 2 aliphatic heterocycles. The quantitative estimate of drug-likeness (QED) is 0.506. The van der Waals surface area contributed by atoms with Crippen molar-refractivity contribution in [2.45, 2.75) is 5.78 Å². The van der Waals surface area contributed by atoms with E-state index in [-0.39, 0.29) is 5.78 Å². The average molecular weight is 447 g/mol. The van der Waals surface area contributed by atoms with Crippen molar-refractivity contribution in [3.63, 3.8) is 0 Å². The molecule has 1 atom stereocenters. The van der Waals surface area contributed by atoms with Crippen LogP contribution in [0.15, 0.2) is 91.0 Å². The van der Waals surface area contributed by atoms with E-state index in [1.807, 2.05) is 42.5 Å². The molecule has 0 aliphatic carbocycles. The molecule has 3 aromatic rings. The van der Waals surface area contributed by atoms with Crippen molar-refractivity contribution in [1.82, 2.24) is 9.80 Å². The standard InChI is InChI=1S/C26H31N4OP/c1-27-17-19-28(20-18-27)26(23-11-5-2-6-12-23)32(31)29(24-13-7-3-8-14-24)21-22-30(32)25-15-9-4-10-16-25/h2-16,26H,17-22H2,1H3/t26-/m0/s1. The summed E-state index contributed by atoms with van der Waals surface area (Å²) in [5.74, 6) is -0.194. The van der Waals surface area contributed by atoms with Crippen LogP contribution < -0.4 is 9.34 Å². The molecule has 32 heavy (non-hydrogen) atoms. The van der Waals surface area contributed by atoms with Gasteiger partial charge in [0.15, 0.2) is 0 Å². The number of benzene rings is 3. The fourth-order valence-electron chi connectivity index (χ4n) is 4.97. The van der Waals surface area contributed by atoms with E-state index in [0.29, 0.717) is 0 Å². The fraction of sp³-hybridized carbons (Fsp3) is 0.308. The Kier molecular flexibility index (Phi) is 6.05. The maximum absolute atomic E-state index is 15.6. The summed E-state index contributed by atoms with van der Waals surface area (Å²) in [7, 11) is -0.915. The van der Waals surface area contributed by atoms with E-state index in [1.54, 1.807) is 0 Å². The summed E-state index contributed by atoms with van der Waals surface area (Å²) >= 11 is 0. The molecule has 0 amide bonds. The molecule has 2 saturated heterocycles. The van der Waals surface area contributed by atoms with Gasteiger partial charge >= 0.3 is 0 Å². The molecule has 5 rings (SSSR count). The van der Waals surface area contributed by atoms with Gasteiger partial charge in [-0.25, -0.2) is 0 Å². The highest BCUT2D eigenvalue weighted by Gasteiger charge is 2.52. The van der Waals surface area contributed by atoms with Gasteiger partial charge in [-0.2, -0.15) is 0 Å². The summed E-state index contributed by atoms with van der Waals surface area (Å²) < 4.78 is 19.9. The maximum Gasteiger partial charge on any atom is 0.284 e. The van der Waals surface area contributed by atoms with Gasteiger partial charge in [0, 0.05) is 50.6 Å². The molecule has 0 unspecified atom stereocenters. The molecule has 0 aromatic heterocycles. The van der Waals surface area contributed by atoms with Crippen LogP contribution in [0.4, 0.5) is 11.4 Å². The maximum atomic E-state index is 15.6. The monoisotopic (exact) mass is 446 g/mol. The largest absolute Gasteiger partial charge is 0.304 e. The molecule has 0 radical (unpaired) electrons. The van der Waals surface area contributed by atoms with Gasteiger partial charge in [-0.15, -0.1) is 0 Å². The Hall–Kier alpha value is -2.59. The van der Waals surface area contributed by atoms with E-state index >= 15 is 4.57 Å². The van der Waals surface area contributed by atoms with Gasteiger partial charge in [0.2, 0.25) is 0 Å². The summed E-state index contributed by atoms with van der Waals surface area (Å²) in [5.41, 5.74) is 3.19. The van der Waals surface area contributed by atoms with E-state index in [9.17, 15) is 0 Å². The van der Waals surface area contributed by atoms with Crippen molar-refractivity contribution in [3.05, 3.63) is 96.6 Å². The molecule has 2 heterocycles. The van der Waals surface area contributed by atoms with Crippen LogP contribution in [-0.4, -0.2) is 56.1 Å². The Bertz CT molecular complexity index is 1000. The second-order valence-corrected chi connectivity index (χ2v) is 11.3. The highest BCUT2D eigenvalue weighted by Crippen LogP contribution is 2.69. The summed E-state index contributed by atoms with van der Waals surface area (Å²) in [6.45, 7) is 5.27. The first kappa shape index (κ1) is 21.3. The lowest BCUT2D eigenvalue weighted by molar-refractivity contribution is 0.139. The third kappa shape index (κ3) is 3.86. The Morgan fingerprint density at radius 1 is 0.625 bits per heavy atom. The first-order chi connectivity index (χ1) is 15.7. The van der Waals surface area contributed by atoms with Gasteiger partial charge in [0.25, 0.3) is 7.44 Å². The molecule has 0 N–H and O–H groups in total.